The number of fused-ring (bicyclic) bond motifs is 1. The summed E-state index contributed by atoms with van der Waals surface area (Å²) in [5.41, 5.74) is 0.934. The predicted molar refractivity (Wildman–Crippen MR) is 141 cm³/mol. The summed E-state index contributed by atoms with van der Waals surface area (Å²) in [7, 11) is 1.61. The van der Waals surface area contributed by atoms with Crippen molar-refractivity contribution in [3.8, 4) is 17.2 Å². The van der Waals surface area contributed by atoms with Crippen LogP contribution >= 0.6 is 15.9 Å². The van der Waals surface area contributed by atoms with Crippen LogP contribution in [-0.4, -0.2) is 32.8 Å². The highest BCUT2D eigenvalue weighted by molar-refractivity contribution is 9.10. The number of ether oxygens (including phenoxy) is 2. The summed E-state index contributed by atoms with van der Waals surface area (Å²) >= 11 is 3.50. The third kappa shape index (κ3) is 5.85. The molecule has 2 aromatic carbocycles. The van der Waals surface area contributed by atoms with Crippen molar-refractivity contribution in [3.05, 3.63) is 100 Å². The highest BCUT2D eigenvalue weighted by Crippen LogP contribution is 2.34. The molecule has 0 radical (unpaired) electrons. The third-order valence-electron chi connectivity index (χ3n) is 5.72. The minimum absolute atomic E-state index is 0.203. The minimum atomic E-state index is -4.54. The Bertz CT molecular complexity index is 1640. The van der Waals surface area contributed by atoms with Gasteiger partial charge in [0.15, 0.2) is 5.65 Å². The van der Waals surface area contributed by atoms with E-state index in [1.54, 1.807) is 36.2 Å². The molecular weight excluding hydrogens is 579 g/mol. The van der Waals surface area contributed by atoms with Crippen molar-refractivity contribution in [2.45, 2.75) is 12.7 Å². The normalized spacial score (nSPS) is 11.4. The van der Waals surface area contributed by atoms with Gasteiger partial charge in [0.25, 0.3) is 5.91 Å². The van der Waals surface area contributed by atoms with E-state index in [4.69, 9.17) is 9.47 Å². The van der Waals surface area contributed by atoms with E-state index in [0.717, 1.165) is 29.6 Å². The number of nitrogens with zero attached hydrogens (tertiary/aromatic N) is 4. The monoisotopic (exact) mass is 597 g/mol. The fourth-order valence-electron chi connectivity index (χ4n) is 3.79. The van der Waals surface area contributed by atoms with Gasteiger partial charge in [-0.25, -0.2) is 14.6 Å². The Kier molecular flexibility index (Phi) is 7.20. The van der Waals surface area contributed by atoms with Crippen LogP contribution in [0.25, 0.3) is 11.0 Å². The highest BCUT2D eigenvalue weighted by atomic mass is 79.9. The van der Waals surface area contributed by atoms with Crippen LogP contribution in [0.5, 0.6) is 17.2 Å². The van der Waals surface area contributed by atoms with E-state index in [1.165, 1.54) is 12.1 Å². The first-order valence-electron chi connectivity index (χ1n) is 11.5. The number of nitrogens with one attached hydrogen (secondary N) is 1. The zero-order valence-electron chi connectivity index (χ0n) is 20.2. The van der Waals surface area contributed by atoms with Gasteiger partial charge in [0.2, 0.25) is 0 Å². The Labute approximate surface area is 228 Å². The smallest absolute Gasteiger partial charge is 0.416 e. The molecule has 0 bridgehead atoms. The van der Waals surface area contributed by atoms with Crippen LogP contribution < -0.4 is 14.8 Å². The SMILES string of the molecule is COc1ccc(Cn2nc(Br)c3c(Oc4ccc(C(=O)Nc5cc(C(F)(F)F)ccn5)cc4)ccnc32)cc1. The lowest BCUT2D eigenvalue weighted by molar-refractivity contribution is -0.137. The van der Waals surface area contributed by atoms with E-state index in [2.05, 4.69) is 36.3 Å². The molecule has 0 fully saturated rings. The van der Waals surface area contributed by atoms with Crippen LogP contribution in [-0.2, 0) is 12.7 Å². The Hall–Kier alpha value is -4.45. The maximum atomic E-state index is 12.9. The number of carbonyl (C=O) groups is 1. The molecule has 0 aliphatic heterocycles. The molecule has 198 valence electrons. The average molecular weight is 598 g/mol. The van der Waals surface area contributed by atoms with Gasteiger partial charge >= 0.3 is 6.18 Å². The van der Waals surface area contributed by atoms with Gasteiger partial charge in [-0.15, -0.1) is 0 Å². The molecule has 0 spiro atoms. The fraction of sp³-hybridized carbons (Fsp3) is 0.111. The molecule has 0 atom stereocenters. The molecule has 5 aromatic rings. The second kappa shape index (κ2) is 10.7. The molecular formula is C27H19BrF3N5O3. The molecule has 1 amide bonds. The first-order valence-corrected chi connectivity index (χ1v) is 12.3. The van der Waals surface area contributed by atoms with E-state index in [1.807, 2.05) is 24.3 Å². The number of carbonyl (C=O) groups excluding carboxylic acids is 1. The second-order valence-electron chi connectivity index (χ2n) is 8.31. The van der Waals surface area contributed by atoms with Crippen molar-refractivity contribution in [1.82, 2.24) is 19.7 Å². The number of pyridine rings is 2. The van der Waals surface area contributed by atoms with E-state index < -0.39 is 17.6 Å². The van der Waals surface area contributed by atoms with Gasteiger partial charge in [0.05, 0.1) is 24.6 Å². The maximum absolute atomic E-state index is 12.9. The number of halogens is 4. The van der Waals surface area contributed by atoms with E-state index in [9.17, 15) is 18.0 Å². The molecule has 12 heteroatoms. The van der Waals surface area contributed by atoms with Crippen LogP contribution in [0.15, 0.2) is 83.7 Å². The Balaban J connectivity index is 1.32. The number of rotatable bonds is 7. The van der Waals surface area contributed by atoms with E-state index >= 15 is 0 Å². The van der Waals surface area contributed by atoms with Crippen molar-refractivity contribution in [2.24, 2.45) is 0 Å². The molecule has 1 N–H and O–H groups in total. The number of alkyl halides is 3. The number of hydrogen-bond acceptors (Lipinski definition) is 6. The molecule has 3 heterocycles. The summed E-state index contributed by atoms with van der Waals surface area (Å²) in [6.07, 6.45) is -1.94. The van der Waals surface area contributed by atoms with Crippen LogP contribution in [0.4, 0.5) is 19.0 Å². The van der Waals surface area contributed by atoms with Gasteiger partial charge in [0.1, 0.15) is 27.7 Å². The van der Waals surface area contributed by atoms with E-state index in [-0.39, 0.29) is 11.4 Å². The Morgan fingerprint density at radius 3 is 2.36 bits per heavy atom. The maximum Gasteiger partial charge on any atom is 0.416 e. The van der Waals surface area contributed by atoms with Crippen molar-refractivity contribution in [3.63, 3.8) is 0 Å². The van der Waals surface area contributed by atoms with Crippen LogP contribution in [0.3, 0.4) is 0 Å². The van der Waals surface area contributed by atoms with Crippen LogP contribution in [0.2, 0.25) is 0 Å². The van der Waals surface area contributed by atoms with Gasteiger partial charge in [-0.1, -0.05) is 12.1 Å². The topological polar surface area (TPSA) is 91.2 Å². The number of hydrogen-bond donors (Lipinski definition) is 1. The quantitative estimate of drug-likeness (QED) is 0.224. The fourth-order valence-corrected chi connectivity index (χ4v) is 4.35. The Morgan fingerprint density at radius 1 is 0.974 bits per heavy atom. The lowest BCUT2D eigenvalue weighted by atomic mass is 10.2. The highest BCUT2D eigenvalue weighted by Gasteiger charge is 2.30. The van der Waals surface area contributed by atoms with Crippen LogP contribution in [0.1, 0.15) is 21.5 Å². The summed E-state index contributed by atoms with van der Waals surface area (Å²) in [5.74, 6) is 0.882. The molecule has 0 aliphatic rings. The summed E-state index contributed by atoms with van der Waals surface area (Å²) in [5, 5.41) is 7.61. The number of anilines is 1. The summed E-state index contributed by atoms with van der Waals surface area (Å²) in [6, 6.07) is 17.1. The van der Waals surface area contributed by atoms with Crippen LogP contribution in [0, 0.1) is 0 Å². The lowest BCUT2D eigenvalue weighted by Gasteiger charge is -2.10. The molecule has 5 rings (SSSR count). The van der Waals surface area contributed by atoms with Gasteiger partial charge in [-0.3, -0.25) is 4.79 Å². The van der Waals surface area contributed by atoms with Gasteiger partial charge in [-0.2, -0.15) is 18.3 Å². The zero-order valence-corrected chi connectivity index (χ0v) is 21.8. The molecule has 0 aliphatic carbocycles. The Morgan fingerprint density at radius 2 is 1.67 bits per heavy atom. The molecule has 39 heavy (non-hydrogen) atoms. The summed E-state index contributed by atoms with van der Waals surface area (Å²) in [6.45, 7) is 0.479. The van der Waals surface area contributed by atoms with Crippen molar-refractivity contribution in [1.29, 1.82) is 0 Å². The minimum Gasteiger partial charge on any atom is -0.497 e. The lowest BCUT2D eigenvalue weighted by Crippen LogP contribution is -2.14. The summed E-state index contributed by atoms with van der Waals surface area (Å²) in [4.78, 5) is 20.8. The first-order chi connectivity index (χ1) is 18.7. The van der Waals surface area contributed by atoms with Crippen molar-refractivity contribution >= 4 is 38.7 Å². The second-order valence-corrected chi connectivity index (χ2v) is 9.06. The van der Waals surface area contributed by atoms with E-state index in [0.29, 0.717) is 33.7 Å². The van der Waals surface area contributed by atoms with Gasteiger partial charge in [-0.05, 0) is 70.0 Å². The molecule has 0 unspecified atom stereocenters. The number of methoxy groups -OCH3 is 1. The van der Waals surface area contributed by atoms with Gasteiger partial charge in [0, 0.05) is 24.0 Å². The molecule has 0 saturated carbocycles. The molecule has 8 nitrogen and oxygen atoms in total. The molecule has 3 aromatic heterocycles. The standard InChI is InChI=1S/C27H19BrF3N5O3/c1-38-19-6-2-16(3-7-19)15-36-25-23(24(28)35-36)21(11-13-33-25)39-20-8-4-17(5-9-20)26(37)34-22-14-18(10-12-32-22)27(29,30)31/h2-14H,15H2,1H3,(H,32,34,37). The zero-order chi connectivity index (χ0) is 27.6. The van der Waals surface area contributed by atoms with Gasteiger partial charge < -0.3 is 14.8 Å². The van der Waals surface area contributed by atoms with Crippen molar-refractivity contribution in [2.75, 3.05) is 12.4 Å². The number of aromatic nitrogens is 4. The molecule has 0 saturated heterocycles. The largest absolute Gasteiger partial charge is 0.497 e. The first kappa shape index (κ1) is 26.2. The summed E-state index contributed by atoms with van der Waals surface area (Å²) < 4.78 is 52.4. The number of benzene rings is 2. The third-order valence-corrected chi connectivity index (χ3v) is 6.27. The number of amides is 1. The van der Waals surface area contributed by atoms with Crippen molar-refractivity contribution < 1.29 is 27.4 Å². The predicted octanol–water partition coefficient (Wildman–Crippen LogP) is 6.71. The average Bonchev–Trinajstić information content (AvgIpc) is 3.25.